The van der Waals surface area contributed by atoms with Crippen molar-refractivity contribution < 1.29 is 4.74 Å². The van der Waals surface area contributed by atoms with Crippen LogP contribution in [0.1, 0.15) is 34.1 Å². The van der Waals surface area contributed by atoms with Crippen LogP contribution < -0.4 is 10.5 Å². The summed E-state index contributed by atoms with van der Waals surface area (Å²) in [5.74, 6) is 0.845. The van der Waals surface area contributed by atoms with Crippen LogP contribution in [-0.4, -0.2) is 4.98 Å². The van der Waals surface area contributed by atoms with Crippen LogP contribution in [0.15, 0.2) is 24.3 Å². The van der Waals surface area contributed by atoms with E-state index in [0.717, 1.165) is 22.0 Å². The molecule has 0 radical (unpaired) electrons. The summed E-state index contributed by atoms with van der Waals surface area (Å²) >= 11 is 1.68. The van der Waals surface area contributed by atoms with E-state index in [1.165, 1.54) is 4.88 Å². The van der Waals surface area contributed by atoms with E-state index in [1.54, 1.807) is 11.3 Å². The van der Waals surface area contributed by atoms with Crippen molar-refractivity contribution in [3.05, 3.63) is 45.4 Å². The number of nitrogens with two attached hydrogens (primary N) is 1. The van der Waals surface area contributed by atoms with Crippen LogP contribution in [-0.2, 0) is 6.61 Å². The second kappa shape index (κ2) is 5.50. The Kier molecular flexibility index (Phi) is 3.99. The Balaban J connectivity index is 2.10. The molecule has 0 saturated carbocycles. The van der Waals surface area contributed by atoms with Gasteiger partial charge in [-0.2, -0.15) is 0 Å². The Hall–Kier alpha value is -1.39. The molecule has 2 aromatic rings. The Morgan fingerprint density at radius 1 is 1.33 bits per heavy atom. The quantitative estimate of drug-likeness (QED) is 0.919. The van der Waals surface area contributed by atoms with Crippen molar-refractivity contribution in [2.24, 2.45) is 5.73 Å². The van der Waals surface area contributed by atoms with Crippen molar-refractivity contribution in [2.75, 3.05) is 0 Å². The second-order valence-corrected chi connectivity index (χ2v) is 5.65. The summed E-state index contributed by atoms with van der Waals surface area (Å²) in [6.07, 6.45) is 0. The Morgan fingerprint density at radius 3 is 2.67 bits per heavy atom. The average molecular weight is 262 g/mol. The van der Waals surface area contributed by atoms with E-state index >= 15 is 0 Å². The first-order chi connectivity index (χ1) is 8.58. The molecular weight excluding hydrogens is 244 g/mol. The molecule has 2 N–H and O–H groups in total. The highest BCUT2D eigenvalue weighted by Crippen LogP contribution is 2.25. The zero-order valence-corrected chi connectivity index (χ0v) is 11.8. The SMILES string of the molecule is Cc1nc(COc2ccccc2C(C)N)sc1C. The van der Waals surface area contributed by atoms with Gasteiger partial charge in [0.1, 0.15) is 17.4 Å². The summed E-state index contributed by atoms with van der Waals surface area (Å²) < 4.78 is 5.82. The maximum Gasteiger partial charge on any atom is 0.140 e. The highest BCUT2D eigenvalue weighted by molar-refractivity contribution is 7.11. The third-order valence-electron chi connectivity index (χ3n) is 2.83. The second-order valence-electron chi connectivity index (χ2n) is 4.36. The van der Waals surface area contributed by atoms with Crippen molar-refractivity contribution in [3.63, 3.8) is 0 Å². The number of hydrogen-bond donors (Lipinski definition) is 1. The van der Waals surface area contributed by atoms with Crippen LogP contribution in [0.2, 0.25) is 0 Å². The summed E-state index contributed by atoms with van der Waals surface area (Å²) in [4.78, 5) is 5.71. The molecule has 4 heteroatoms. The van der Waals surface area contributed by atoms with Crippen LogP contribution in [0, 0.1) is 13.8 Å². The number of nitrogens with zero attached hydrogens (tertiary/aromatic N) is 1. The fraction of sp³-hybridized carbons (Fsp3) is 0.357. The lowest BCUT2D eigenvalue weighted by Gasteiger charge is -2.12. The minimum atomic E-state index is -0.0269. The third-order valence-corrected chi connectivity index (χ3v) is 3.88. The van der Waals surface area contributed by atoms with E-state index in [4.69, 9.17) is 10.5 Å². The van der Waals surface area contributed by atoms with Gasteiger partial charge in [0.15, 0.2) is 0 Å². The van der Waals surface area contributed by atoms with Crippen LogP contribution in [0.25, 0.3) is 0 Å². The first-order valence-corrected chi connectivity index (χ1v) is 6.80. The first kappa shape index (κ1) is 13.1. The number of ether oxygens (including phenoxy) is 1. The van der Waals surface area contributed by atoms with Crippen molar-refractivity contribution in [2.45, 2.75) is 33.4 Å². The number of para-hydroxylation sites is 1. The van der Waals surface area contributed by atoms with Crippen molar-refractivity contribution in [1.82, 2.24) is 4.98 Å². The summed E-state index contributed by atoms with van der Waals surface area (Å²) in [5, 5.41) is 1.00. The molecule has 0 fully saturated rings. The lowest BCUT2D eigenvalue weighted by molar-refractivity contribution is 0.300. The van der Waals surface area contributed by atoms with Crippen molar-refractivity contribution >= 4 is 11.3 Å². The highest BCUT2D eigenvalue weighted by Gasteiger charge is 2.09. The fourth-order valence-corrected chi connectivity index (χ4v) is 2.58. The normalized spacial score (nSPS) is 12.4. The van der Waals surface area contributed by atoms with Gasteiger partial charge in [0.25, 0.3) is 0 Å². The molecule has 96 valence electrons. The third kappa shape index (κ3) is 2.89. The predicted octanol–water partition coefficient (Wildman–Crippen LogP) is 3.36. The Morgan fingerprint density at radius 2 is 2.06 bits per heavy atom. The predicted molar refractivity (Wildman–Crippen MR) is 75.0 cm³/mol. The summed E-state index contributed by atoms with van der Waals surface area (Å²) in [6.45, 7) is 6.56. The maximum atomic E-state index is 5.92. The van der Waals surface area contributed by atoms with E-state index in [9.17, 15) is 0 Å². The zero-order chi connectivity index (χ0) is 13.1. The molecule has 0 saturated heterocycles. The van der Waals surface area contributed by atoms with E-state index in [-0.39, 0.29) is 6.04 Å². The smallest absolute Gasteiger partial charge is 0.140 e. The lowest BCUT2D eigenvalue weighted by atomic mass is 10.1. The van der Waals surface area contributed by atoms with Gasteiger partial charge in [-0.3, -0.25) is 0 Å². The Bertz CT molecular complexity index is 515. The molecule has 1 aromatic heterocycles. The highest BCUT2D eigenvalue weighted by atomic mass is 32.1. The number of thiazole rings is 1. The molecule has 0 spiro atoms. The van der Waals surface area contributed by atoms with Gasteiger partial charge >= 0.3 is 0 Å². The van der Waals surface area contributed by atoms with Crippen molar-refractivity contribution in [1.29, 1.82) is 0 Å². The monoisotopic (exact) mass is 262 g/mol. The lowest BCUT2D eigenvalue weighted by Crippen LogP contribution is -2.07. The van der Waals surface area contributed by atoms with E-state index in [1.807, 2.05) is 38.1 Å². The van der Waals surface area contributed by atoms with Crippen LogP contribution in [0.5, 0.6) is 5.75 Å². The number of benzene rings is 1. The number of aryl methyl sites for hydroxylation is 2. The van der Waals surface area contributed by atoms with Gasteiger partial charge in [-0.25, -0.2) is 4.98 Å². The van der Waals surface area contributed by atoms with Gasteiger partial charge in [0, 0.05) is 16.5 Å². The molecule has 1 unspecified atom stereocenters. The van der Waals surface area contributed by atoms with E-state index in [0.29, 0.717) is 6.61 Å². The minimum absolute atomic E-state index is 0.0269. The first-order valence-electron chi connectivity index (χ1n) is 5.98. The van der Waals surface area contributed by atoms with Crippen LogP contribution in [0.4, 0.5) is 0 Å². The summed E-state index contributed by atoms with van der Waals surface area (Å²) in [5.41, 5.74) is 8.03. The molecule has 0 aliphatic heterocycles. The molecule has 3 nitrogen and oxygen atoms in total. The van der Waals surface area contributed by atoms with Gasteiger partial charge in [-0.05, 0) is 26.8 Å². The topological polar surface area (TPSA) is 48.1 Å². The minimum Gasteiger partial charge on any atom is -0.486 e. The average Bonchev–Trinajstić information content (AvgIpc) is 2.66. The standard InChI is InChI=1S/C14H18N2OS/c1-9(15)12-6-4-5-7-13(12)17-8-14-16-10(2)11(3)18-14/h4-7,9H,8,15H2,1-3H3. The molecule has 0 aliphatic rings. The maximum absolute atomic E-state index is 5.92. The number of rotatable bonds is 4. The molecule has 1 heterocycles. The summed E-state index contributed by atoms with van der Waals surface area (Å²) in [6, 6.07) is 7.86. The van der Waals surface area contributed by atoms with Gasteiger partial charge in [0.2, 0.25) is 0 Å². The van der Waals surface area contributed by atoms with E-state index < -0.39 is 0 Å². The van der Waals surface area contributed by atoms with Gasteiger partial charge in [0.05, 0.1) is 5.69 Å². The van der Waals surface area contributed by atoms with Gasteiger partial charge < -0.3 is 10.5 Å². The summed E-state index contributed by atoms with van der Waals surface area (Å²) in [7, 11) is 0. The largest absolute Gasteiger partial charge is 0.486 e. The molecule has 0 bridgehead atoms. The van der Waals surface area contributed by atoms with E-state index in [2.05, 4.69) is 11.9 Å². The molecule has 18 heavy (non-hydrogen) atoms. The van der Waals surface area contributed by atoms with Gasteiger partial charge in [-0.15, -0.1) is 11.3 Å². The molecule has 1 aromatic carbocycles. The number of hydrogen-bond acceptors (Lipinski definition) is 4. The fourth-order valence-electron chi connectivity index (χ4n) is 1.73. The molecular formula is C14H18N2OS. The molecule has 2 rings (SSSR count). The van der Waals surface area contributed by atoms with Crippen LogP contribution >= 0.6 is 11.3 Å². The van der Waals surface area contributed by atoms with Crippen LogP contribution in [0.3, 0.4) is 0 Å². The zero-order valence-electron chi connectivity index (χ0n) is 10.9. The Labute approximate surface area is 112 Å². The number of aromatic nitrogens is 1. The molecule has 1 atom stereocenters. The van der Waals surface area contributed by atoms with Gasteiger partial charge in [-0.1, -0.05) is 18.2 Å². The molecule has 0 aliphatic carbocycles. The van der Waals surface area contributed by atoms with Crippen molar-refractivity contribution in [3.8, 4) is 5.75 Å². The molecule has 0 amide bonds.